The summed E-state index contributed by atoms with van der Waals surface area (Å²) < 4.78 is 0. The normalized spacial score (nSPS) is 24.5. The lowest BCUT2D eigenvalue weighted by Crippen LogP contribution is -2.40. The van der Waals surface area contributed by atoms with Crippen LogP contribution in [0.3, 0.4) is 0 Å². The topological polar surface area (TPSA) is 49.6 Å². The van der Waals surface area contributed by atoms with Gasteiger partial charge < -0.3 is 15.5 Å². The van der Waals surface area contributed by atoms with E-state index in [0.29, 0.717) is 24.9 Å². The minimum absolute atomic E-state index is 0.284. The van der Waals surface area contributed by atoms with E-state index in [1.165, 1.54) is 17.7 Å². The molecule has 0 unspecified atom stereocenters. The van der Waals surface area contributed by atoms with Gasteiger partial charge in [0.15, 0.2) is 0 Å². The lowest BCUT2D eigenvalue weighted by molar-refractivity contribution is -0.130. The van der Waals surface area contributed by atoms with Crippen LogP contribution >= 0.6 is 0 Å². The van der Waals surface area contributed by atoms with Crippen LogP contribution in [0.15, 0.2) is 24.3 Å². The molecule has 4 nitrogen and oxygen atoms in total. The van der Waals surface area contributed by atoms with Crippen LogP contribution in [0, 0.1) is 5.92 Å². The Labute approximate surface area is 133 Å². The first-order valence-electron chi connectivity index (χ1n) is 8.51. The average molecular weight is 301 g/mol. The summed E-state index contributed by atoms with van der Waals surface area (Å²) in [5.74, 6) is 0.782. The van der Waals surface area contributed by atoms with Crippen LogP contribution in [0.25, 0.3) is 0 Å². The number of carbonyl (C=O) groups is 1. The Morgan fingerprint density at radius 1 is 1.32 bits per heavy atom. The highest BCUT2D eigenvalue weighted by Crippen LogP contribution is 2.30. The number of hydrogen-bond donors (Lipinski definition) is 1. The van der Waals surface area contributed by atoms with Crippen molar-refractivity contribution in [3.8, 4) is 0 Å². The van der Waals surface area contributed by atoms with Gasteiger partial charge in [-0.3, -0.25) is 4.79 Å². The van der Waals surface area contributed by atoms with Crippen LogP contribution in [-0.4, -0.2) is 43.0 Å². The first kappa shape index (κ1) is 15.3. The standard InChI is InChI=1S/C18H27N3O/c1-14-6-7-16-4-2-3-5-17(16)21(14)11-9-18(22)20-10-8-15(12-19)13-20/h2-5,14-15H,6-13,19H2,1H3/t14-,15-/m0/s1. The predicted molar refractivity (Wildman–Crippen MR) is 89.9 cm³/mol. The Morgan fingerprint density at radius 3 is 2.91 bits per heavy atom. The number of hydrogen-bond acceptors (Lipinski definition) is 3. The fourth-order valence-corrected chi connectivity index (χ4v) is 3.73. The summed E-state index contributed by atoms with van der Waals surface area (Å²) in [6.07, 6.45) is 3.98. The minimum atomic E-state index is 0.284. The molecule has 0 saturated carbocycles. The van der Waals surface area contributed by atoms with E-state index in [-0.39, 0.29) is 5.91 Å². The zero-order chi connectivity index (χ0) is 15.5. The summed E-state index contributed by atoms with van der Waals surface area (Å²) in [4.78, 5) is 16.8. The molecule has 4 heteroatoms. The average Bonchev–Trinajstić information content (AvgIpc) is 3.03. The van der Waals surface area contributed by atoms with Gasteiger partial charge in [-0.05, 0) is 50.3 Å². The van der Waals surface area contributed by atoms with Crippen LogP contribution in [0.4, 0.5) is 5.69 Å². The highest BCUT2D eigenvalue weighted by molar-refractivity contribution is 5.77. The molecule has 0 radical (unpaired) electrons. The van der Waals surface area contributed by atoms with E-state index in [9.17, 15) is 4.79 Å². The molecule has 1 fully saturated rings. The van der Waals surface area contributed by atoms with E-state index in [2.05, 4.69) is 36.1 Å². The monoisotopic (exact) mass is 301 g/mol. The SMILES string of the molecule is C[C@H]1CCc2ccccc2N1CCC(=O)N1CC[C@@H](CN)C1. The quantitative estimate of drug-likeness (QED) is 0.925. The number of anilines is 1. The van der Waals surface area contributed by atoms with E-state index < -0.39 is 0 Å². The fourth-order valence-electron chi connectivity index (χ4n) is 3.73. The van der Waals surface area contributed by atoms with Crippen molar-refractivity contribution in [1.29, 1.82) is 0 Å². The van der Waals surface area contributed by atoms with Crippen molar-refractivity contribution in [3.63, 3.8) is 0 Å². The second-order valence-electron chi connectivity index (χ2n) is 6.69. The van der Waals surface area contributed by atoms with Gasteiger partial charge >= 0.3 is 0 Å². The largest absolute Gasteiger partial charge is 0.368 e. The molecule has 120 valence electrons. The third-order valence-electron chi connectivity index (χ3n) is 5.20. The first-order chi connectivity index (χ1) is 10.7. The third-order valence-corrected chi connectivity index (χ3v) is 5.20. The van der Waals surface area contributed by atoms with Crippen molar-refractivity contribution in [2.45, 2.75) is 38.6 Å². The number of amides is 1. The van der Waals surface area contributed by atoms with Crippen molar-refractivity contribution in [1.82, 2.24) is 4.90 Å². The Hall–Kier alpha value is -1.55. The van der Waals surface area contributed by atoms with E-state index >= 15 is 0 Å². The van der Waals surface area contributed by atoms with Crippen LogP contribution < -0.4 is 10.6 Å². The molecule has 1 aromatic carbocycles. The van der Waals surface area contributed by atoms with Crippen LogP contribution in [0.5, 0.6) is 0 Å². The highest BCUT2D eigenvalue weighted by Gasteiger charge is 2.27. The lowest BCUT2D eigenvalue weighted by atomic mass is 9.96. The summed E-state index contributed by atoms with van der Waals surface area (Å²) in [6.45, 7) is 5.51. The number of aryl methyl sites for hydroxylation is 1. The zero-order valence-electron chi connectivity index (χ0n) is 13.5. The molecule has 0 aliphatic carbocycles. The summed E-state index contributed by atoms with van der Waals surface area (Å²) in [5, 5.41) is 0. The van der Waals surface area contributed by atoms with Crippen molar-refractivity contribution in [3.05, 3.63) is 29.8 Å². The number of nitrogens with zero attached hydrogens (tertiary/aromatic N) is 2. The minimum Gasteiger partial charge on any atom is -0.368 e. The van der Waals surface area contributed by atoms with Gasteiger partial charge in [0.1, 0.15) is 0 Å². The molecule has 2 aliphatic heterocycles. The Morgan fingerprint density at radius 2 is 2.14 bits per heavy atom. The molecule has 2 aliphatic rings. The van der Waals surface area contributed by atoms with Gasteiger partial charge in [0.25, 0.3) is 0 Å². The second-order valence-corrected chi connectivity index (χ2v) is 6.69. The van der Waals surface area contributed by atoms with Gasteiger partial charge in [0.05, 0.1) is 0 Å². The number of benzene rings is 1. The number of nitrogens with two attached hydrogens (primary N) is 1. The summed E-state index contributed by atoms with van der Waals surface area (Å²) in [7, 11) is 0. The number of carbonyl (C=O) groups excluding carboxylic acids is 1. The molecule has 1 aromatic rings. The van der Waals surface area contributed by atoms with Crippen molar-refractivity contribution < 1.29 is 4.79 Å². The van der Waals surface area contributed by atoms with E-state index in [0.717, 1.165) is 32.5 Å². The molecule has 2 heterocycles. The molecule has 2 N–H and O–H groups in total. The van der Waals surface area contributed by atoms with E-state index in [1.807, 2.05) is 4.90 Å². The van der Waals surface area contributed by atoms with Crippen molar-refractivity contribution in [2.75, 3.05) is 31.1 Å². The number of rotatable bonds is 4. The summed E-state index contributed by atoms with van der Waals surface area (Å²) in [6, 6.07) is 9.11. The molecule has 3 rings (SSSR count). The van der Waals surface area contributed by atoms with Gasteiger partial charge in [-0.1, -0.05) is 18.2 Å². The first-order valence-corrected chi connectivity index (χ1v) is 8.51. The van der Waals surface area contributed by atoms with Crippen LogP contribution in [-0.2, 0) is 11.2 Å². The number of para-hydroxylation sites is 1. The maximum absolute atomic E-state index is 12.4. The summed E-state index contributed by atoms with van der Waals surface area (Å²) in [5.41, 5.74) is 8.44. The van der Waals surface area contributed by atoms with Crippen molar-refractivity contribution in [2.24, 2.45) is 11.7 Å². The second kappa shape index (κ2) is 6.69. The molecule has 1 amide bonds. The molecule has 0 bridgehead atoms. The van der Waals surface area contributed by atoms with Crippen LogP contribution in [0.2, 0.25) is 0 Å². The molecular formula is C18H27N3O. The molecule has 1 saturated heterocycles. The number of fused-ring (bicyclic) bond motifs is 1. The fraction of sp³-hybridized carbons (Fsp3) is 0.611. The Bertz CT molecular complexity index is 531. The number of likely N-dealkylation sites (tertiary alicyclic amines) is 1. The van der Waals surface area contributed by atoms with Gasteiger partial charge in [-0.15, -0.1) is 0 Å². The highest BCUT2D eigenvalue weighted by atomic mass is 16.2. The molecule has 2 atom stereocenters. The van der Waals surface area contributed by atoms with Gasteiger partial charge in [-0.25, -0.2) is 0 Å². The Kier molecular flexibility index (Phi) is 4.67. The van der Waals surface area contributed by atoms with Gasteiger partial charge in [-0.2, -0.15) is 0 Å². The molecular weight excluding hydrogens is 274 g/mol. The molecule has 22 heavy (non-hydrogen) atoms. The predicted octanol–water partition coefficient (Wildman–Crippen LogP) is 2.03. The molecule has 0 spiro atoms. The molecule has 0 aromatic heterocycles. The van der Waals surface area contributed by atoms with Gasteiger partial charge in [0, 0.05) is 37.8 Å². The van der Waals surface area contributed by atoms with Crippen LogP contribution in [0.1, 0.15) is 31.7 Å². The summed E-state index contributed by atoms with van der Waals surface area (Å²) >= 11 is 0. The third kappa shape index (κ3) is 3.12. The van der Waals surface area contributed by atoms with Crippen molar-refractivity contribution >= 4 is 11.6 Å². The zero-order valence-corrected chi connectivity index (χ0v) is 13.5. The maximum Gasteiger partial charge on any atom is 0.224 e. The smallest absolute Gasteiger partial charge is 0.224 e. The maximum atomic E-state index is 12.4. The van der Waals surface area contributed by atoms with E-state index in [1.54, 1.807) is 0 Å². The lowest BCUT2D eigenvalue weighted by Gasteiger charge is -2.37. The van der Waals surface area contributed by atoms with Gasteiger partial charge in [0.2, 0.25) is 5.91 Å². The Balaban J connectivity index is 1.60. The van der Waals surface area contributed by atoms with E-state index in [4.69, 9.17) is 5.73 Å².